The molecule has 1 aromatic rings. The predicted octanol–water partition coefficient (Wildman–Crippen LogP) is 0.859. The molecule has 20 heavy (non-hydrogen) atoms. The van der Waals surface area contributed by atoms with E-state index in [2.05, 4.69) is 4.90 Å². The second-order valence-corrected chi connectivity index (χ2v) is 5.19. The highest BCUT2D eigenvalue weighted by Gasteiger charge is 2.20. The Hall–Kier alpha value is -1.59. The number of methoxy groups -OCH3 is 1. The van der Waals surface area contributed by atoms with Gasteiger partial charge in [-0.05, 0) is 17.7 Å². The fraction of sp³-hybridized carbons (Fsp3) is 0.533. The minimum atomic E-state index is -0.0334. The van der Waals surface area contributed by atoms with Crippen molar-refractivity contribution in [1.29, 1.82) is 0 Å². The van der Waals surface area contributed by atoms with Gasteiger partial charge in [-0.1, -0.05) is 12.1 Å². The number of hydrogen-bond acceptors (Lipinski definition) is 4. The average Bonchev–Trinajstić information content (AvgIpc) is 2.47. The molecule has 0 aliphatic carbocycles. The summed E-state index contributed by atoms with van der Waals surface area (Å²) < 4.78 is 5.22. The third-order valence-corrected chi connectivity index (χ3v) is 3.79. The number of nitrogens with zero attached hydrogens (tertiary/aromatic N) is 2. The number of nitrogens with two attached hydrogens (primary N) is 1. The summed E-state index contributed by atoms with van der Waals surface area (Å²) in [7, 11) is 1.66. The maximum absolute atomic E-state index is 11.3. The van der Waals surface area contributed by atoms with Crippen molar-refractivity contribution >= 4 is 5.91 Å². The Morgan fingerprint density at radius 2 is 2.05 bits per heavy atom. The molecule has 5 heteroatoms. The predicted molar refractivity (Wildman–Crippen MR) is 78.6 cm³/mol. The molecule has 1 aromatic carbocycles. The van der Waals surface area contributed by atoms with Gasteiger partial charge in [-0.3, -0.25) is 9.69 Å². The van der Waals surface area contributed by atoms with Crippen molar-refractivity contribution in [1.82, 2.24) is 9.80 Å². The van der Waals surface area contributed by atoms with Gasteiger partial charge in [0.25, 0.3) is 0 Å². The van der Waals surface area contributed by atoms with Crippen LogP contribution in [0.25, 0.3) is 0 Å². The molecular formula is C15H23N3O2. The van der Waals surface area contributed by atoms with E-state index in [1.807, 2.05) is 29.2 Å². The smallest absolute Gasteiger partial charge is 0.219 e. The largest absolute Gasteiger partial charge is 0.497 e. The van der Waals surface area contributed by atoms with Crippen LogP contribution in [0.2, 0.25) is 0 Å². The topological polar surface area (TPSA) is 58.8 Å². The molecule has 0 radical (unpaired) electrons. The van der Waals surface area contributed by atoms with Gasteiger partial charge in [0.2, 0.25) is 5.91 Å². The van der Waals surface area contributed by atoms with E-state index in [1.54, 1.807) is 14.0 Å². The maximum Gasteiger partial charge on any atom is 0.219 e. The number of amides is 1. The van der Waals surface area contributed by atoms with Crippen LogP contribution in [0.1, 0.15) is 18.5 Å². The molecule has 1 amide bonds. The number of hydrogen-bond donors (Lipinski definition) is 1. The van der Waals surface area contributed by atoms with Gasteiger partial charge >= 0.3 is 0 Å². The van der Waals surface area contributed by atoms with Crippen molar-refractivity contribution < 1.29 is 9.53 Å². The molecular weight excluding hydrogens is 254 g/mol. The van der Waals surface area contributed by atoms with E-state index in [0.717, 1.165) is 44.0 Å². The Morgan fingerprint density at radius 1 is 1.35 bits per heavy atom. The van der Waals surface area contributed by atoms with Crippen LogP contribution in [0.3, 0.4) is 0 Å². The summed E-state index contributed by atoms with van der Waals surface area (Å²) in [5, 5.41) is 0. The Morgan fingerprint density at radius 3 is 2.65 bits per heavy atom. The molecule has 0 saturated carbocycles. The molecule has 1 heterocycles. The third-order valence-electron chi connectivity index (χ3n) is 3.79. The summed E-state index contributed by atoms with van der Waals surface area (Å²) in [6.07, 6.45) is 0. The van der Waals surface area contributed by atoms with E-state index in [9.17, 15) is 4.79 Å². The van der Waals surface area contributed by atoms with Gasteiger partial charge in [-0.15, -0.1) is 0 Å². The molecule has 1 fully saturated rings. The van der Waals surface area contributed by atoms with Crippen molar-refractivity contribution in [3.8, 4) is 5.75 Å². The number of carbonyl (C=O) groups is 1. The van der Waals surface area contributed by atoms with E-state index in [-0.39, 0.29) is 11.9 Å². The number of piperazine rings is 1. The van der Waals surface area contributed by atoms with Gasteiger partial charge in [0.1, 0.15) is 5.75 Å². The molecule has 5 nitrogen and oxygen atoms in total. The monoisotopic (exact) mass is 277 g/mol. The summed E-state index contributed by atoms with van der Waals surface area (Å²) in [6, 6.07) is 7.85. The molecule has 2 rings (SSSR count). The second-order valence-electron chi connectivity index (χ2n) is 5.19. The zero-order valence-electron chi connectivity index (χ0n) is 12.2. The molecule has 0 aromatic heterocycles. The molecule has 1 unspecified atom stereocenters. The Bertz CT molecular complexity index is 456. The number of ether oxygens (including phenoxy) is 1. The fourth-order valence-electron chi connectivity index (χ4n) is 2.50. The van der Waals surface area contributed by atoms with Gasteiger partial charge < -0.3 is 15.4 Å². The van der Waals surface area contributed by atoms with Crippen molar-refractivity contribution in [2.24, 2.45) is 5.73 Å². The molecule has 2 N–H and O–H groups in total. The third kappa shape index (κ3) is 3.71. The second kappa shape index (κ2) is 6.72. The summed E-state index contributed by atoms with van der Waals surface area (Å²) in [5.74, 6) is 0.987. The van der Waals surface area contributed by atoms with E-state index < -0.39 is 0 Å². The van der Waals surface area contributed by atoms with Crippen molar-refractivity contribution in [2.45, 2.75) is 13.0 Å². The molecule has 1 saturated heterocycles. The average molecular weight is 277 g/mol. The summed E-state index contributed by atoms with van der Waals surface area (Å²) >= 11 is 0. The van der Waals surface area contributed by atoms with Crippen LogP contribution in [0.4, 0.5) is 0 Å². The first kappa shape index (κ1) is 14.8. The van der Waals surface area contributed by atoms with Crippen LogP contribution in [0.5, 0.6) is 5.75 Å². The lowest BCUT2D eigenvalue weighted by atomic mass is 10.1. The lowest BCUT2D eigenvalue weighted by Crippen LogP contribution is -2.49. The number of carbonyl (C=O) groups excluding carboxylic acids is 1. The van der Waals surface area contributed by atoms with Crippen molar-refractivity contribution in [3.63, 3.8) is 0 Å². The highest BCUT2D eigenvalue weighted by molar-refractivity contribution is 5.73. The Balaban J connectivity index is 1.88. The van der Waals surface area contributed by atoms with E-state index in [1.165, 1.54) is 0 Å². The number of rotatable bonds is 4. The van der Waals surface area contributed by atoms with Gasteiger partial charge in [0, 0.05) is 45.7 Å². The highest BCUT2D eigenvalue weighted by Crippen LogP contribution is 2.18. The first-order valence-corrected chi connectivity index (χ1v) is 6.97. The minimum absolute atomic E-state index is 0.0334. The van der Waals surface area contributed by atoms with Gasteiger partial charge in [0.15, 0.2) is 0 Å². The molecule has 110 valence electrons. The lowest BCUT2D eigenvalue weighted by Gasteiger charge is -2.35. The van der Waals surface area contributed by atoms with Crippen LogP contribution in [-0.2, 0) is 4.79 Å². The molecule has 0 bridgehead atoms. The summed E-state index contributed by atoms with van der Waals surface area (Å²) in [4.78, 5) is 15.5. The highest BCUT2D eigenvalue weighted by atomic mass is 16.5. The van der Waals surface area contributed by atoms with Crippen LogP contribution in [0, 0.1) is 0 Å². The van der Waals surface area contributed by atoms with Crippen molar-refractivity contribution in [3.05, 3.63) is 29.8 Å². The van der Waals surface area contributed by atoms with E-state index in [0.29, 0.717) is 0 Å². The first-order chi connectivity index (χ1) is 9.60. The van der Waals surface area contributed by atoms with Crippen LogP contribution in [-0.4, -0.2) is 55.5 Å². The van der Waals surface area contributed by atoms with Crippen LogP contribution >= 0.6 is 0 Å². The van der Waals surface area contributed by atoms with Crippen LogP contribution in [0.15, 0.2) is 24.3 Å². The van der Waals surface area contributed by atoms with Crippen LogP contribution < -0.4 is 10.5 Å². The van der Waals surface area contributed by atoms with E-state index >= 15 is 0 Å². The Labute approximate surface area is 120 Å². The zero-order chi connectivity index (χ0) is 14.5. The summed E-state index contributed by atoms with van der Waals surface area (Å²) in [6.45, 7) is 5.78. The molecule has 1 aliphatic heterocycles. The first-order valence-electron chi connectivity index (χ1n) is 6.97. The quantitative estimate of drug-likeness (QED) is 0.887. The minimum Gasteiger partial charge on any atom is -0.497 e. The van der Waals surface area contributed by atoms with Crippen molar-refractivity contribution in [2.75, 3.05) is 39.8 Å². The van der Waals surface area contributed by atoms with E-state index in [4.69, 9.17) is 10.5 Å². The standard InChI is InChI=1S/C15H23N3O2/c1-12(19)18-8-6-17(7-9-18)11-15(16)13-4-3-5-14(10-13)20-2/h3-5,10,15H,6-9,11,16H2,1-2H3. The molecule has 0 spiro atoms. The van der Waals surface area contributed by atoms with Gasteiger partial charge in [-0.25, -0.2) is 0 Å². The number of benzene rings is 1. The lowest BCUT2D eigenvalue weighted by molar-refractivity contribution is -0.130. The molecule has 1 aliphatic rings. The Kier molecular flexibility index (Phi) is 4.98. The van der Waals surface area contributed by atoms with Gasteiger partial charge in [0.05, 0.1) is 7.11 Å². The zero-order valence-corrected chi connectivity index (χ0v) is 12.2. The molecule has 1 atom stereocenters. The van der Waals surface area contributed by atoms with Gasteiger partial charge in [-0.2, -0.15) is 0 Å². The maximum atomic E-state index is 11.3. The normalized spacial score (nSPS) is 17.9. The fourth-order valence-corrected chi connectivity index (χ4v) is 2.50. The SMILES string of the molecule is COc1cccc(C(N)CN2CCN(C(C)=O)CC2)c1. The summed E-state index contributed by atoms with van der Waals surface area (Å²) in [5.41, 5.74) is 7.35.